The van der Waals surface area contributed by atoms with Crippen molar-refractivity contribution >= 4 is 5.91 Å². The van der Waals surface area contributed by atoms with Crippen LogP contribution in [0.3, 0.4) is 0 Å². The Kier molecular flexibility index (Phi) is 36.0. The van der Waals surface area contributed by atoms with E-state index >= 15 is 0 Å². The predicted octanol–water partition coefficient (Wildman–Crippen LogP) is 17.6. The number of hydrogen-bond donors (Lipinski definition) is 1. The summed E-state index contributed by atoms with van der Waals surface area (Å²) in [6, 6.07) is 60.6. The van der Waals surface area contributed by atoms with E-state index in [4.69, 9.17) is 47.4 Å². The first-order valence-electron chi connectivity index (χ1n) is 35.7. The van der Waals surface area contributed by atoms with Crippen LogP contribution in [0.15, 0.2) is 182 Å². The van der Waals surface area contributed by atoms with E-state index in [9.17, 15) is 4.79 Å². The molecule has 2 saturated heterocycles. The van der Waals surface area contributed by atoms with Crippen molar-refractivity contribution in [1.29, 1.82) is 0 Å². The van der Waals surface area contributed by atoms with E-state index in [1.54, 1.807) is 0 Å². The van der Waals surface area contributed by atoms with Crippen LogP contribution in [-0.2, 0) is 91.8 Å². The van der Waals surface area contributed by atoms with Crippen molar-refractivity contribution in [2.45, 2.75) is 237 Å². The molecule has 0 bridgehead atoms. The molecular weight excluding hydrogens is 1160 g/mol. The lowest BCUT2D eigenvalue weighted by molar-refractivity contribution is -0.330. The Morgan fingerprint density at radius 2 is 0.871 bits per heavy atom. The van der Waals surface area contributed by atoms with Crippen LogP contribution in [0.4, 0.5) is 0 Å². The quantitative estimate of drug-likeness (QED) is 0.0368. The molecule has 0 unspecified atom stereocenters. The van der Waals surface area contributed by atoms with E-state index in [0.717, 1.165) is 137 Å². The Balaban J connectivity index is 1.07. The van der Waals surface area contributed by atoms with E-state index in [-0.39, 0.29) is 32.3 Å². The van der Waals surface area contributed by atoms with Crippen LogP contribution < -0.4 is 5.32 Å². The largest absolute Gasteiger partial charge is 0.381 e. The van der Waals surface area contributed by atoms with Gasteiger partial charge in [-0.05, 0) is 71.4 Å². The van der Waals surface area contributed by atoms with Gasteiger partial charge in [0.15, 0.2) is 6.29 Å². The van der Waals surface area contributed by atoms with Gasteiger partial charge in [-0.1, -0.05) is 292 Å². The SMILES string of the molecule is CCCCCCCCCCCCCC[C@@H](OCc1ccccc1)[C@@H](OCc1ccccc1)[C@H](CO[C@H]1O[C@H](COCc2ccccc2)[C@H](OCc2ccccc2)[C@H](OCc2ccccc2)[C@H]1OCc1ccccc1)NC(=O)CCCCCCCCOCC1CCOCC1. The van der Waals surface area contributed by atoms with Crippen molar-refractivity contribution in [2.75, 3.05) is 39.6 Å². The number of hydrogen-bond acceptors (Lipinski definition) is 11. The summed E-state index contributed by atoms with van der Waals surface area (Å²) in [6.07, 6.45) is 19.3. The summed E-state index contributed by atoms with van der Waals surface area (Å²) < 4.78 is 68.5. The molecule has 12 heteroatoms. The average Bonchev–Trinajstić information content (AvgIpc) is 1.02. The highest BCUT2D eigenvalue weighted by atomic mass is 16.7. The zero-order valence-electron chi connectivity index (χ0n) is 56.0. The monoisotopic (exact) mass is 1270 g/mol. The molecule has 0 spiro atoms. The molecule has 8 atom stereocenters. The number of amides is 1. The van der Waals surface area contributed by atoms with Crippen molar-refractivity contribution in [2.24, 2.45) is 5.92 Å². The van der Waals surface area contributed by atoms with Crippen LogP contribution in [0.2, 0.25) is 0 Å². The highest BCUT2D eigenvalue weighted by molar-refractivity contribution is 5.76. The van der Waals surface area contributed by atoms with Gasteiger partial charge in [-0.15, -0.1) is 0 Å². The molecule has 1 N–H and O–H groups in total. The highest BCUT2D eigenvalue weighted by Crippen LogP contribution is 2.33. The van der Waals surface area contributed by atoms with Crippen LogP contribution in [0.5, 0.6) is 0 Å². The van der Waals surface area contributed by atoms with Crippen LogP contribution in [0.25, 0.3) is 0 Å². The summed E-state index contributed by atoms with van der Waals surface area (Å²) in [7, 11) is 0. The summed E-state index contributed by atoms with van der Waals surface area (Å²) in [5.74, 6) is 0.556. The molecule has 6 aromatic rings. The van der Waals surface area contributed by atoms with E-state index in [1.807, 2.05) is 97.1 Å². The predicted molar refractivity (Wildman–Crippen MR) is 370 cm³/mol. The number of benzene rings is 6. The summed E-state index contributed by atoms with van der Waals surface area (Å²) in [6.45, 7) is 7.68. The minimum absolute atomic E-state index is 0.0137. The minimum Gasteiger partial charge on any atom is -0.381 e. The van der Waals surface area contributed by atoms with Crippen molar-refractivity contribution in [3.63, 3.8) is 0 Å². The number of carbonyl (C=O) groups is 1. The molecule has 0 aliphatic carbocycles. The Morgan fingerprint density at radius 3 is 1.39 bits per heavy atom. The van der Waals surface area contributed by atoms with Crippen LogP contribution in [-0.4, -0.2) is 94.5 Å². The fourth-order valence-electron chi connectivity index (χ4n) is 12.5. The molecule has 0 aromatic heterocycles. The molecule has 2 aliphatic heterocycles. The lowest BCUT2D eigenvalue weighted by Gasteiger charge is -2.46. The van der Waals surface area contributed by atoms with Crippen molar-refractivity contribution in [3.8, 4) is 0 Å². The second-order valence-electron chi connectivity index (χ2n) is 25.6. The van der Waals surface area contributed by atoms with Crippen molar-refractivity contribution < 1.29 is 52.2 Å². The topological polar surface area (TPSA) is 121 Å². The van der Waals surface area contributed by atoms with Crippen LogP contribution in [0.1, 0.15) is 182 Å². The summed E-state index contributed by atoms with van der Waals surface area (Å²) in [4.78, 5) is 14.8. The van der Waals surface area contributed by atoms with Crippen LogP contribution >= 0.6 is 0 Å². The van der Waals surface area contributed by atoms with E-state index in [1.165, 1.54) is 57.8 Å². The molecular formula is C81H111NO11. The standard InChI is InChI=1S/C81H111NO11/c1-2-3-4-5-6-7-8-9-10-11-14-35-50-74(87-59-67-40-25-18-26-41-67)77(88-60-68-42-27-19-28-43-68)73(82-76(83)51-36-15-12-13-16-37-54-85-57-72-52-55-84-56-53-72)64-92-81-80(91-63-71-48-33-22-34-49-71)79(90-62-70-46-31-21-32-47-70)78(89-61-69-44-29-20-30-45-69)75(93-81)65-86-58-66-38-23-17-24-39-66/h17-34,38-49,72-75,77-81H,2-16,35-37,50-65H2,1H3,(H,82,83)/t73-,74+,75+,77-,78-,79-,80+,81-/m0/s1. The zero-order valence-corrected chi connectivity index (χ0v) is 56.0. The fraction of sp³-hybridized carbons (Fsp3) is 0.543. The maximum Gasteiger partial charge on any atom is 0.220 e. The normalized spacial score (nSPS) is 18.7. The van der Waals surface area contributed by atoms with Gasteiger partial charge in [-0.25, -0.2) is 0 Å². The average molecular weight is 1270 g/mol. The fourth-order valence-corrected chi connectivity index (χ4v) is 12.5. The van der Waals surface area contributed by atoms with Gasteiger partial charge in [0, 0.05) is 32.8 Å². The summed E-state index contributed by atoms with van der Waals surface area (Å²) in [5.41, 5.74) is 6.13. The number of nitrogens with one attached hydrogen (secondary N) is 1. The van der Waals surface area contributed by atoms with Gasteiger partial charge < -0.3 is 52.7 Å². The van der Waals surface area contributed by atoms with Crippen molar-refractivity contribution in [3.05, 3.63) is 215 Å². The highest BCUT2D eigenvalue weighted by Gasteiger charge is 2.50. The second kappa shape index (κ2) is 45.7. The third-order valence-electron chi connectivity index (χ3n) is 18.0. The number of rotatable bonds is 49. The molecule has 2 heterocycles. The molecule has 1 amide bonds. The summed E-state index contributed by atoms with van der Waals surface area (Å²) >= 11 is 0. The smallest absolute Gasteiger partial charge is 0.220 e. The van der Waals surface area contributed by atoms with Gasteiger partial charge >= 0.3 is 0 Å². The van der Waals surface area contributed by atoms with Crippen LogP contribution in [0, 0.1) is 5.92 Å². The van der Waals surface area contributed by atoms with Gasteiger partial charge in [0.1, 0.15) is 30.5 Å². The maximum absolute atomic E-state index is 14.8. The third-order valence-corrected chi connectivity index (χ3v) is 18.0. The molecule has 2 aliphatic rings. The van der Waals surface area contributed by atoms with Gasteiger partial charge in [-0.3, -0.25) is 4.79 Å². The minimum atomic E-state index is -1.02. The first kappa shape index (κ1) is 73.2. The van der Waals surface area contributed by atoms with Gasteiger partial charge in [-0.2, -0.15) is 0 Å². The Hall–Kier alpha value is -5.61. The molecule has 12 nitrogen and oxygen atoms in total. The first-order valence-corrected chi connectivity index (χ1v) is 35.7. The molecule has 93 heavy (non-hydrogen) atoms. The molecule has 6 aromatic carbocycles. The zero-order chi connectivity index (χ0) is 64.3. The first-order chi connectivity index (χ1) is 46.1. The van der Waals surface area contributed by atoms with Crippen molar-refractivity contribution in [1.82, 2.24) is 5.32 Å². The lowest BCUT2D eigenvalue weighted by atomic mass is 9.97. The maximum atomic E-state index is 14.8. The Morgan fingerprint density at radius 1 is 0.441 bits per heavy atom. The van der Waals surface area contributed by atoms with Gasteiger partial charge in [0.25, 0.3) is 0 Å². The number of ether oxygens (including phenoxy) is 10. The second-order valence-corrected chi connectivity index (χ2v) is 25.6. The summed E-state index contributed by atoms with van der Waals surface area (Å²) in [5, 5.41) is 3.54. The van der Waals surface area contributed by atoms with E-state index in [2.05, 4.69) is 97.2 Å². The molecule has 0 radical (unpaired) electrons. The number of unbranched alkanes of at least 4 members (excludes halogenated alkanes) is 16. The molecule has 8 rings (SSSR count). The molecule has 0 saturated carbocycles. The Bertz CT molecular complexity index is 2760. The molecule has 2 fully saturated rings. The lowest BCUT2D eigenvalue weighted by Crippen LogP contribution is -2.62. The molecule has 506 valence electrons. The van der Waals surface area contributed by atoms with E-state index in [0.29, 0.717) is 38.8 Å². The van der Waals surface area contributed by atoms with Gasteiger partial charge in [0.05, 0.1) is 65.0 Å². The third kappa shape index (κ3) is 29.1. The van der Waals surface area contributed by atoms with E-state index < -0.39 is 49.0 Å². The Labute approximate surface area is 558 Å². The van der Waals surface area contributed by atoms with Gasteiger partial charge in [0.2, 0.25) is 5.91 Å². The number of carbonyl (C=O) groups excluding carboxylic acids is 1.